The number of nitrogens with one attached hydrogen (secondary N) is 1. The van der Waals surface area contributed by atoms with Crippen molar-refractivity contribution in [2.75, 3.05) is 4.72 Å². The minimum Gasteiger partial charge on any atom is -0.412 e. The van der Waals surface area contributed by atoms with Gasteiger partial charge in [-0.1, -0.05) is 20.8 Å². The van der Waals surface area contributed by atoms with Gasteiger partial charge >= 0.3 is 0 Å². The summed E-state index contributed by atoms with van der Waals surface area (Å²) in [6, 6.07) is 1.53. The second-order valence-corrected chi connectivity index (χ2v) is 14.3. The van der Waals surface area contributed by atoms with Gasteiger partial charge in [-0.3, -0.25) is 4.72 Å². The van der Waals surface area contributed by atoms with Gasteiger partial charge in [0.2, 0.25) is 10.0 Å². The summed E-state index contributed by atoms with van der Waals surface area (Å²) >= 11 is 0. The largest absolute Gasteiger partial charge is 0.412 e. The summed E-state index contributed by atoms with van der Waals surface area (Å²) in [6.45, 7) is 10.6. The number of pyridine rings is 1. The van der Waals surface area contributed by atoms with E-state index in [-0.39, 0.29) is 17.5 Å². The summed E-state index contributed by atoms with van der Waals surface area (Å²) in [6.07, 6.45) is 2.63. The SMILES string of the molecule is CC(C)(C)[Si](C)(C)OCc1ccnc(NS(=O)(=O)C2CC2)c1F. The summed E-state index contributed by atoms with van der Waals surface area (Å²) < 4.78 is 46.6. The molecule has 5 nitrogen and oxygen atoms in total. The summed E-state index contributed by atoms with van der Waals surface area (Å²) in [7, 11) is -5.54. The van der Waals surface area contributed by atoms with E-state index in [0.717, 1.165) is 0 Å². The Morgan fingerprint density at radius 2 is 2.00 bits per heavy atom. The summed E-state index contributed by atoms with van der Waals surface area (Å²) in [5.74, 6) is -0.899. The molecule has 1 heterocycles. The highest BCUT2D eigenvalue weighted by Crippen LogP contribution is 2.37. The maximum Gasteiger partial charge on any atom is 0.236 e. The van der Waals surface area contributed by atoms with Crippen LogP contribution in [0.1, 0.15) is 39.2 Å². The van der Waals surface area contributed by atoms with Crippen LogP contribution in [0.3, 0.4) is 0 Å². The molecule has 1 saturated carbocycles. The normalized spacial score (nSPS) is 16.4. The van der Waals surface area contributed by atoms with E-state index in [0.29, 0.717) is 18.4 Å². The van der Waals surface area contributed by atoms with Crippen molar-refractivity contribution in [2.24, 2.45) is 0 Å². The highest BCUT2D eigenvalue weighted by atomic mass is 32.2. The van der Waals surface area contributed by atoms with Gasteiger partial charge in [-0.2, -0.15) is 0 Å². The van der Waals surface area contributed by atoms with Crippen molar-refractivity contribution < 1.29 is 17.2 Å². The fourth-order valence-electron chi connectivity index (χ4n) is 1.74. The van der Waals surface area contributed by atoms with E-state index in [1.807, 2.05) is 0 Å². The van der Waals surface area contributed by atoms with Crippen molar-refractivity contribution in [1.82, 2.24) is 4.98 Å². The van der Waals surface area contributed by atoms with Gasteiger partial charge in [0.25, 0.3) is 0 Å². The molecule has 8 heteroatoms. The van der Waals surface area contributed by atoms with E-state index in [1.54, 1.807) is 0 Å². The van der Waals surface area contributed by atoms with Gasteiger partial charge in [0.05, 0.1) is 11.9 Å². The molecule has 1 aromatic rings. The number of aromatic nitrogens is 1. The zero-order valence-electron chi connectivity index (χ0n) is 14.3. The molecule has 23 heavy (non-hydrogen) atoms. The van der Waals surface area contributed by atoms with Crippen molar-refractivity contribution in [2.45, 2.75) is 63.6 Å². The van der Waals surface area contributed by atoms with E-state index in [9.17, 15) is 12.8 Å². The molecule has 1 fully saturated rings. The van der Waals surface area contributed by atoms with Crippen LogP contribution in [0.4, 0.5) is 10.2 Å². The number of rotatable bonds is 6. The molecule has 1 aromatic heterocycles. The van der Waals surface area contributed by atoms with E-state index < -0.39 is 29.4 Å². The first-order chi connectivity index (χ1) is 10.4. The lowest BCUT2D eigenvalue weighted by Gasteiger charge is -2.36. The van der Waals surface area contributed by atoms with E-state index in [2.05, 4.69) is 43.6 Å². The van der Waals surface area contributed by atoms with Crippen molar-refractivity contribution in [3.8, 4) is 0 Å². The third kappa shape index (κ3) is 4.30. The second kappa shape index (κ2) is 6.14. The molecule has 0 radical (unpaired) electrons. The Kier molecular flexibility index (Phi) is 4.90. The first-order valence-electron chi connectivity index (χ1n) is 7.73. The van der Waals surface area contributed by atoms with E-state index in [4.69, 9.17) is 4.43 Å². The van der Waals surface area contributed by atoms with Crippen molar-refractivity contribution >= 4 is 24.2 Å². The average Bonchev–Trinajstić information content (AvgIpc) is 3.23. The number of hydrogen-bond acceptors (Lipinski definition) is 4. The minimum absolute atomic E-state index is 0.0207. The van der Waals surface area contributed by atoms with Gasteiger partial charge in [0.15, 0.2) is 20.0 Å². The molecular formula is C15H25FN2O3SSi. The van der Waals surface area contributed by atoms with E-state index >= 15 is 0 Å². The fraction of sp³-hybridized carbons (Fsp3) is 0.667. The zero-order chi connectivity index (χ0) is 17.5. The molecule has 2 rings (SSSR count). The van der Waals surface area contributed by atoms with Crippen LogP contribution >= 0.6 is 0 Å². The maximum absolute atomic E-state index is 14.5. The maximum atomic E-state index is 14.5. The first-order valence-corrected chi connectivity index (χ1v) is 12.2. The molecule has 0 atom stereocenters. The van der Waals surface area contributed by atoms with Crippen molar-refractivity contribution in [1.29, 1.82) is 0 Å². The molecule has 130 valence electrons. The lowest BCUT2D eigenvalue weighted by atomic mass is 10.2. The monoisotopic (exact) mass is 360 g/mol. The van der Waals surface area contributed by atoms with Gasteiger partial charge in [0, 0.05) is 11.8 Å². The van der Waals surface area contributed by atoms with Gasteiger partial charge < -0.3 is 4.43 Å². The number of nitrogens with zero attached hydrogens (tertiary/aromatic N) is 1. The van der Waals surface area contributed by atoms with Crippen LogP contribution in [0.15, 0.2) is 12.3 Å². The standard InChI is InChI=1S/C15H25FN2O3SSi/c1-15(2,3)23(4,5)21-10-11-8-9-17-14(13(11)16)18-22(19,20)12-6-7-12/h8-9,12H,6-7,10H2,1-5H3,(H,17,18). The summed E-state index contributed by atoms with van der Waals surface area (Å²) in [5.41, 5.74) is 0.318. The molecule has 0 bridgehead atoms. The van der Waals surface area contributed by atoms with Crippen LogP contribution in [0.2, 0.25) is 18.1 Å². The Bertz CT molecular complexity index is 682. The fourth-order valence-corrected chi connectivity index (χ4v) is 4.02. The minimum atomic E-state index is -3.53. The summed E-state index contributed by atoms with van der Waals surface area (Å²) in [4.78, 5) is 3.82. The predicted molar refractivity (Wildman–Crippen MR) is 91.7 cm³/mol. The molecule has 0 unspecified atom stereocenters. The van der Waals surface area contributed by atoms with Crippen LogP contribution in [-0.2, 0) is 21.1 Å². The third-order valence-corrected chi connectivity index (χ3v) is 10.9. The van der Waals surface area contributed by atoms with Gasteiger partial charge in [0.1, 0.15) is 0 Å². The Labute approximate surface area is 138 Å². The number of anilines is 1. The third-order valence-electron chi connectivity index (χ3n) is 4.57. The molecule has 0 amide bonds. The second-order valence-electron chi connectivity index (χ2n) is 7.53. The van der Waals surface area contributed by atoms with Crippen LogP contribution < -0.4 is 4.72 Å². The number of halogens is 1. The van der Waals surface area contributed by atoms with E-state index in [1.165, 1.54) is 12.3 Å². The lowest BCUT2D eigenvalue weighted by molar-refractivity contribution is 0.271. The molecule has 0 aliphatic heterocycles. The molecule has 1 aliphatic rings. The zero-order valence-corrected chi connectivity index (χ0v) is 16.1. The Hall–Kier alpha value is -0.993. The molecular weight excluding hydrogens is 335 g/mol. The first kappa shape index (κ1) is 18.3. The quantitative estimate of drug-likeness (QED) is 0.786. The predicted octanol–water partition coefficient (Wildman–Crippen LogP) is 3.65. The molecule has 1 aliphatic carbocycles. The lowest BCUT2D eigenvalue weighted by Crippen LogP contribution is -2.40. The average molecular weight is 361 g/mol. The number of sulfonamides is 1. The van der Waals surface area contributed by atoms with Crippen LogP contribution in [-0.4, -0.2) is 27.0 Å². The van der Waals surface area contributed by atoms with Gasteiger partial charge in [-0.15, -0.1) is 0 Å². The van der Waals surface area contributed by atoms with Crippen molar-refractivity contribution in [3.63, 3.8) is 0 Å². The Balaban J connectivity index is 2.14. The van der Waals surface area contributed by atoms with Gasteiger partial charge in [-0.05, 0) is 37.0 Å². The molecule has 0 spiro atoms. The van der Waals surface area contributed by atoms with Crippen LogP contribution in [0, 0.1) is 5.82 Å². The molecule has 1 N–H and O–H groups in total. The number of hydrogen-bond donors (Lipinski definition) is 1. The summed E-state index contributed by atoms with van der Waals surface area (Å²) in [5, 5.41) is -0.400. The highest BCUT2D eigenvalue weighted by Gasteiger charge is 2.38. The smallest absolute Gasteiger partial charge is 0.236 e. The van der Waals surface area contributed by atoms with Gasteiger partial charge in [-0.25, -0.2) is 17.8 Å². The Morgan fingerprint density at radius 3 is 2.52 bits per heavy atom. The van der Waals surface area contributed by atoms with Crippen molar-refractivity contribution in [3.05, 3.63) is 23.6 Å². The highest BCUT2D eigenvalue weighted by molar-refractivity contribution is 7.93. The molecule has 0 saturated heterocycles. The molecule has 0 aromatic carbocycles. The Morgan fingerprint density at radius 1 is 1.39 bits per heavy atom. The topological polar surface area (TPSA) is 68.3 Å². The van der Waals surface area contributed by atoms with Crippen LogP contribution in [0.25, 0.3) is 0 Å². The van der Waals surface area contributed by atoms with Crippen LogP contribution in [0.5, 0.6) is 0 Å².